The minimum absolute atomic E-state index is 0.705. The van der Waals surface area contributed by atoms with E-state index >= 15 is 0 Å². The third-order valence-corrected chi connectivity index (χ3v) is 2.17. The van der Waals surface area contributed by atoms with Gasteiger partial charge in [0, 0.05) is 18.8 Å². The van der Waals surface area contributed by atoms with E-state index in [9.17, 15) is 0 Å². The van der Waals surface area contributed by atoms with Gasteiger partial charge in [0.1, 0.15) is 0 Å². The molecule has 0 bridgehead atoms. The minimum atomic E-state index is 0.705. The molecule has 3 heteroatoms. The molecule has 0 radical (unpaired) electrons. The molecule has 0 aliphatic carbocycles. The van der Waals surface area contributed by atoms with Crippen molar-refractivity contribution in [3.05, 3.63) is 29.8 Å². The summed E-state index contributed by atoms with van der Waals surface area (Å²) in [6, 6.07) is 8.37. The van der Waals surface area contributed by atoms with Crippen LogP contribution in [0.1, 0.15) is 12.5 Å². The Labute approximate surface area is 91.6 Å². The summed E-state index contributed by atoms with van der Waals surface area (Å²) >= 11 is 0. The Hall–Kier alpha value is -1.06. The number of anilines is 1. The van der Waals surface area contributed by atoms with Crippen LogP contribution in [-0.2, 0) is 11.2 Å². The summed E-state index contributed by atoms with van der Waals surface area (Å²) in [4.78, 5) is 0. The predicted molar refractivity (Wildman–Crippen MR) is 64.2 cm³/mol. The highest BCUT2D eigenvalue weighted by molar-refractivity contribution is 5.44. The first-order chi connectivity index (χ1) is 7.36. The lowest BCUT2D eigenvalue weighted by atomic mass is 10.1. The molecule has 1 rings (SSSR count). The lowest BCUT2D eigenvalue weighted by molar-refractivity contribution is 0.158. The minimum Gasteiger partial charge on any atom is -0.383 e. The summed E-state index contributed by atoms with van der Waals surface area (Å²) in [7, 11) is 0. The molecule has 0 atom stereocenters. The fourth-order valence-corrected chi connectivity index (χ4v) is 1.37. The first-order valence-corrected chi connectivity index (χ1v) is 5.47. The lowest BCUT2D eigenvalue weighted by Crippen LogP contribution is -2.09. The molecular weight excluding hydrogens is 188 g/mol. The van der Waals surface area contributed by atoms with Crippen LogP contribution in [0.2, 0.25) is 0 Å². The van der Waals surface area contributed by atoms with Crippen LogP contribution >= 0.6 is 0 Å². The van der Waals surface area contributed by atoms with Crippen LogP contribution in [0.25, 0.3) is 0 Å². The normalized spacial score (nSPS) is 10.3. The molecule has 0 heterocycles. The van der Waals surface area contributed by atoms with Gasteiger partial charge >= 0.3 is 0 Å². The van der Waals surface area contributed by atoms with Gasteiger partial charge in [0.2, 0.25) is 0 Å². The van der Waals surface area contributed by atoms with E-state index in [4.69, 9.17) is 10.5 Å². The lowest BCUT2D eigenvalue weighted by Gasteiger charge is -2.07. The molecule has 0 fully saturated rings. The third kappa shape index (κ3) is 4.81. The van der Waals surface area contributed by atoms with Gasteiger partial charge in [-0.3, -0.25) is 0 Å². The van der Waals surface area contributed by atoms with Gasteiger partial charge in [0.05, 0.1) is 6.61 Å². The van der Waals surface area contributed by atoms with Crippen molar-refractivity contribution in [2.45, 2.75) is 13.3 Å². The van der Waals surface area contributed by atoms with E-state index in [-0.39, 0.29) is 0 Å². The van der Waals surface area contributed by atoms with Crippen molar-refractivity contribution in [3.63, 3.8) is 0 Å². The van der Waals surface area contributed by atoms with Crippen LogP contribution in [0, 0.1) is 0 Å². The van der Waals surface area contributed by atoms with Crippen LogP contribution in [-0.4, -0.2) is 26.3 Å². The first-order valence-electron chi connectivity index (χ1n) is 5.47. The molecule has 15 heavy (non-hydrogen) atoms. The number of nitrogens with one attached hydrogen (secondary N) is 1. The highest BCUT2D eigenvalue weighted by atomic mass is 16.5. The third-order valence-electron chi connectivity index (χ3n) is 2.17. The van der Waals surface area contributed by atoms with E-state index in [2.05, 4.69) is 29.6 Å². The Kier molecular flexibility index (Phi) is 5.81. The second kappa shape index (κ2) is 7.26. The smallest absolute Gasteiger partial charge is 0.0638 e. The maximum atomic E-state index is 5.48. The largest absolute Gasteiger partial charge is 0.383 e. The second-order valence-electron chi connectivity index (χ2n) is 3.36. The maximum absolute atomic E-state index is 5.48. The summed E-state index contributed by atoms with van der Waals surface area (Å²) in [6.07, 6.45) is 0.944. The SMILES string of the molecule is CCOCCNc1ccc(CCN)cc1. The standard InChI is InChI=1S/C12H20N2O/c1-2-15-10-9-14-12-5-3-11(4-6-12)7-8-13/h3-6,14H,2,7-10,13H2,1H3. The van der Waals surface area contributed by atoms with Gasteiger partial charge in [-0.1, -0.05) is 12.1 Å². The average Bonchev–Trinajstić information content (AvgIpc) is 2.27. The highest BCUT2D eigenvalue weighted by Crippen LogP contribution is 2.09. The predicted octanol–water partition coefficient (Wildman–Crippen LogP) is 1.64. The van der Waals surface area contributed by atoms with Gasteiger partial charge in [0.25, 0.3) is 0 Å². The van der Waals surface area contributed by atoms with E-state index in [1.807, 2.05) is 6.92 Å². The van der Waals surface area contributed by atoms with Crippen LogP contribution in [0.15, 0.2) is 24.3 Å². The monoisotopic (exact) mass is 208 g/mol. The Balaban J connectivity index is 2.29. The topological polar surface area (TPSA) is 47.3 Å². The molecule has 3 nitrogen and oxygen atoms in total. The molecule has 0 aliphatic heterocycles. The van der Waals surface area contributed by atoms with E-state index in [1.54, 1.807) is 0 Å². The van der Waals surface area contributed by atoms with Crippen molar-refractivity contribution in [2.24, 2.45) is 5.73 Å². The Bertz CT molecular complexity index is 259. The Morgan fingerprint density at radius 2 is 2.00 bits per heavy atom. The van der Waals surface area contributed by atoms with E-state index in [0.717, 1.165) is 31.9 Å². The molecular formula is C12H20N2O. The number of rotatable bonds is 7. The summed E-state index contributed by atoms with van der Waals surface area (Å²) < 4.78 is 5.24. The summed E-state index contributed by atoms with van der Waals surface area (Å²) in [6.45, 7) is 5.08. The molecule has 0 saturated carbocycles. The van der Waals surface area contributed by atoms with Gasteiger partial charge < -0.3 is 15.8 Å². The molecule has 0 aromatic heterocycles. The molecule has 0 saturated heterocycles. The van der Waals surface area contributed by atoms with Gasteiger partial charge in [-0.25, -0.2) is 0 Å². The van der Waals surface area contributed by atoms with Crippen molar-refractivity contribution in [3.8, 4) is 0 Å². The Morgan fingerprint density at radius 1 is 1.27 bits per heavy atom. The quantitative estimate of drug-likeness (QED) is 0.670. The fourth-order valence-electron chi connectivity index (χ4n) is 1.37. The fraction of sp³-hybridized carbons (Fsp3) is 0.500. The van der Waals surface area contributed by atoms with Crippen LogP contribution < -0.4 is 11.1 Å². The molecule has 0 spiro atoms. The highest BCUT2D eigenvalue weighted by Gasteiger charge is 1.93. The van der Waals surface area contributed by atoms with Crippen LogP contribution in [0.3, 0.4) is 0 Å². The molecule has 1 aromatic rings. The molecule has 3 N–H and O–H groups in total. The molecule has 1 aromatic carbocycles. The van der Waals surface area contributed by atoms with Crippen molar-refractivity contribution in [1.82, 2.24) is 0 Å². The Morgan fingerprint density at radius 3 is 2.60 bits per heavy atom. The molecule has 0 amide bonds. The van der Waals surface area contributed by atoms with Gasteiger partial charge in [-0.2, -0.15) is 0 Å². The molecule has 0 unspecified atom stereocenters. The average molecular weight is 208 g/mol. The summed E-state index contributed by atoms with van der Waals surface area (Å²) in [5.74, 6) is 0. The van der Waals surface area contributed by atoms with Crippen molar-refractivity contribution < 1.29 is 4.74 Å². The number of hydrogen-bond acceptors (Lipinski definition) is 3. The van der Waals surface area contributed by atoms with Crippen LogP contribution in [0.4, 0.5) is 5.69 Å². The van der Waals surface area contributed by atoms with E-state index < -0.39 is 0 Å². The maximum Gasteiger partial charge on any atom is 0.0638 e. The number of ether oxygens (including phenoxy) is 1. The number of nitrogens with two attached hydrogens (primary N) is 1. The molecule has 0 aliphatic rings. The van der Waals surface area contributed by atoms with Crippen molar-refractivity contribution >= 4 is 5.69 Å². The first kappa shape index (κ1) is 12.0. The molecule has 84 valence electrons. The van der Waals surface area contributed by atoms with Gasteiger partial charge in [0.15, 0.2) is 0 Å². The number of benzene rings is 1. The summed E-state index contributed by atoms with van der Waals surface area (Å²) in [5.41, 5.74) is 7.90. The number of hydrogen-bond donors (Lipinski definition) is 2. The summed E-state index contributed by atoms with van der Waals surface area (Å²) in [5, 5.41) is 3.29. The van der Waals surface area contributed by atoms with Crippen molar-refractivity contribution in [1.29, 1.82) is 0 Å². The zero-order valence-corrected chi connectivity index (χ0v) is 9.33. The van der Waals surface area contributed by atoms with Gasteiger partial charge in [-0.05, 0) is 37.6 Å². The van der Waals surface area contributed by atoms with E-state index in [1.165, 1.54) is 5.56 Å². The second-order valence-corrected chi connectivity index (χ2v) is 3.36. The zero-order chi connectivity index (χ0) is 10.9. The van der Waals surface area contributed by atoms with Crippen molar-refractivity contribution in [2.75, 3.05) is 31.6 Å². The van der Waals surface area contributed by atoms with Gasteiger partial charge in [-0.15, -0.1) is 0 Å². The zero-order valence-electron chi connectivity index (χ0n) is 9.33. The van der Waals surface area contributed by atoms with Crippen LogP contribution in [0.5, 0.6) is 0 Å². The van der Waals surface area contributed by atoms with E-state index in [0.29, 0.717) is 6.54 Å².